The summed E-state index contributed by atoms with van der Waals surface area (Å²) in [7, 11) is 0. The zero-order valence-electron chi connectivity index (χ0n) is 17.5. The molecule has 1 aliphatic rings. The molecule has 2 amide bonds. The minimum absolute atomic E-state index is 0.139. The SMILES string of the molecule is CC(CC(=O)Nc1cccc(N2CCCC2)c1)NC(=O)c1ccc(-n2ccnc2)nc1. The number of benzene rings is 1. The van der Waals surface area contributed by atoms with Crippen LogP contribution < -0.4 is 15.5 Å². The average Bonchev–Trinajstić information content (AvgIpc) is 3.48. The van der Waals surface area contributed by atoms with Gasteiger partial charge in [0.2, 0.25) is 5.91 Å². The van der Waals surface area contributed by atoms with E-state index in [2.05, 4.69) is 31.6 Å². The Balaban J connectivity index is 1.29. The van der Waals surface area contributed by atoms with Gasteiger partial charge in [0.05, 0.1) is 5.56 Å². The van der Waals surface area contributed by atoms with Crippen molar-refractivity contribution in [3.63, 3.8) is 0 Å². The highest BCUT2D eigenvalue weighted by atomic mass is 16.2. The Morgan fingerprint density at radius 2 is 2.00 bits per heavy atom. The number of hydrogen-bond acceptors (Lipinski definition) is 5. The van der Waals surface area contributed by atoms with Crippen molar-refractivity contribution >= 4 is 23.2 Å². The molecule has 31 heavy (non-hydrogen) atoms. The third-order valence-electron chi connectivity index (χ3n) is 5.25. The van der Waals surface area contributed by atoms with Crippen LogP contribution in [0.1, 0.15) is 36.5 Å². The summed E-state index contributed by atoms with van der Waals surface area (Å²) < 4.78 is 1.76. The maximum absolute atomic E-state index is 12.5. The molecule has 0 aliphatic carbocycles. The lowest BCUT2D eigenvalue weighted by Crippen LogP contribution is -2.35. The summed E-state index contributed by atoms with van der Waals surface area (Å²) in [6.45, 7) is 3.92. The minimum atomic E-state index is -0.317. The van der Waals surface area contributed by atoms with E-state index in [4.69, 9.17) is 0 Å². The number of imidazole rings is 1. The van der Waals surface area contributed by atoms with Crippen molar-refractivity contribution in [3.05, 3.63) is 66.9 Å². The van der Waals surface area contributed by atoms with Crippen LogP contribution in [0.2, 0.25) is 0 Å². The maximum Gasteiger partial charge on any atom is 0.253 e. The van der Waals surface area contributed by atoms with Gasteiger partial charge < -0.3 is 15.5 Å². The molecule has 4 rings (SSSR count). The number of carbonyl (C=O) groups is 2. The van der Waals surface area contributed by atoms with Crippen LogP contribution in [-0.4, -0.2) is 45.5 Å². The third kappa shape index (κ3) is 5.28. The zero-order valence-corrected chi connectivity index (χ0v) is 17.5. The van der Waals surface area contributed by atoms with E-state index >= 15 is 0 Å². The molecule has 0 saturated carbocycles. The molecule has 1 unspecified atom stereocenters. The van der Waals surface area contributed by atoms with Crippen molar-refractivity contribution in [3.8, 4) is 5.82 Å². The quantitative estimate of drug-likeness (QED) is 0.615. The summed E-state index contributed by atoms with van der Waals surface area (Å²) in [5.74, 6) is 0.276. The van der Waals surface area contributed by atoms with E-state index < -0.39 is 0 Å². The fourth-order valence-electron chi connectivity index (χ4n) is 3.67. The maximum atomic E-state index is 12.5. The summed E-state index contributed by atoms with van der Waals surface area (Å²) in [5, 5.41) is 5.79. The predicted octanol–water partition coefficient (Wildman–Crippen LogP) is 3.01. The Hall–Kier alpha value is -3.68. The van der Waals surface area contributed by atoms with Crippen LogP contribution in [0.5, 0.6) is 0 Å². The van der Waals surface area contributed by atoms with E-state index in [1.165, 1.54) is 19.0 Å². The summed E-state index contributed by atoms with van der Waals surface area (Å²) in [6.07, 6.45) is 9.19. The molecule has 1 saturated heterocycles. The van der Waals surface area contributed by atoms with Gasteiger partial charge in [0.15, 0.2) is 0 Å². The average molecular weight is 419 g/mol. The molecule has 2 N–H and O–H groups in total. The second kappa shape index (κ2) is 9.42. The number of nitrogens with one attached hydrogen (secondary N) is 2. The fraction of sp³-hybridized carbons (Fsp3) is 0.304. The van der Waals surface area contributed by atoms with Gasteiger partial charge in [0.1, 0.15) is 12.1 Å². The smallest absolute Gasteiger partial charge is 0.253 e. The van der Waals surface area contributed by atoms with Gasteiger partial charge in [-0.05, 0) is 50.1 Å². The van der Waals surface area contributed by atoms with Gasteiger partial charge in [-0.2, -0.15) is 0 Å². The highest BCUT2D eigenvalue weighted by molar-refractivity contribution is 5.95. The van der Waals surface area contributed by atoms with Crippen LogP contribution >= 0.6 is 0 Å². The third-order valence-corrected chi connectivity index (χ3v) is 5.25. The van der Waals surface area contributed by atoms with Crippen LogP contribution in [0.3, 0.4) is 0 Å². The second-order valence-corrected chi connectivity index (χ2v) is 7.75. The van der Waals surface area contributed by atoms with E-state index in [9.17, 15) is 9.59 Å². The van der Waals surface area contributed by atoms with Crippen molar-refractivity contribution < 1.29 is 9.59 Å². The van der Waals surface area contributed by atoms with Gasteiger partial charge in [0, 0.05) is 55.5 Å². The molecule has 0 bridgehead atoms. The Kier molecular flexibility index (Phi) is 6.26. The highest BCUT2D eigenvalue weighted by Crippen LogP contribution is 2.23. The normalized spacial score (nSPS) is 14.3. The summed E-state index contributed by atoms with van der Waals surface area (Å²) in [4.78, 5) is 35.5. The monoisotopic (exact) mass is 418 g/mol. The molecule has 3 heterocycles. The highest BCUT2D eigenvalue weighted by Gasteiger charge is 2.16. The van der Waals surface area contributed by atoms with E-state index in [-0.39, 0.29) is 24.3 Å². The first kappa shape index (κ1) is 20.6. The van der Waals surface area contributed by atoms with Crippen molar-refractivity contribution in [2.24, 2.45) is 0 Å². The number of carbonyl (C=O) groups excluding carboxylic acids is 2. The number of amides is 2. The lowest BCUT2D eigenvalue weighted by molar-refractivity contribution is -0.116. The number of pyridine rings is 1. The van der Waals surface area contributed by atoms with Crippen LogP contribution in [0, 0.1) is 0 Å². The van der Waals surface area contributed by atoms with Gasteiger partial charge in [-0.25, -0.2) is 9.97 Å². The first-order valence-electron chi connectivity index (χ1n) is 10.5. The largest absolute Gasteiger partial charge is 0.371 e. The first-order valence-corrected chi connectivity index (χ1v) is 10.5. The zero-order chi connectivity index (χ0) is 21.6. The summed E-state index contributed by atoms with van der Waals surface area (Å²) in [6, 6.07) is 11.0. The predicted molar refractivity (Wildman–Crippen MR) is 119 cm³/mol. The Morgan fingerprint density at radius 3 is 2.71 bits per heavy atom. The van der Waals surface area contributed by atoms with Gasteiger partial charge >= 0.3 is 0 Å². The molecule has 1 aromatic carbocycles. The number of anilines is 2. The molecule has 160 valence electrons. The number of nitrogens with zero attached hydrogens (tertiary/aromatic N) is 4. The van der Waals surface area contributed by atoms with E-state index in [1.807, 2.05) is 25.1 Å². The van der Waals surface area contributed by atoms with Gasteiger partial charge in [-0.15, -0.1) is 0 Å². The van der Waals surface area contributed by atoms with Crippen molar-refractivity contribution in [1.29, 1.82) is 0 Å². The molecule has 1 fully saturated rings. The first-order chi connectivity index (χ1) is 15.1. The molecule has 2 aromatic heterocycles. The number of rotatable bonds is 7. The second-order valence-electron chi connectivity index (χ2n) is 7.75. The Morgan fingerprint density at radius 1 is 1.16 bits per heavy atom. The molecular weight excluding hydrogens is 392 g/mol. The van der Waals surface area contributed by atoms with Crippen LogP contribution in [0.4, 0.5) is 11.4 Å². The van der Waals surface area contributed by atoms with Crippen LogP contribution in [0.15, 0.2) is 61.3 Å². The molecule has 0 radical (unpaired) electrons. The number of hydrogen-bond donors (Lipinski definition) is 2. The Bertz CT molecular complexity index is 1030. The molecule has 1 atom stereocenters. The van der Waals surface area contributed by atoms with E-state index in [0.717, 1.165) is 24.5 Å². The molecule has 8 nitrogen and oxygen atoms in total. The van der Waals surface area contributed by atoms with Crippen molar-refractivity contribution in [1.82, 2.24) is 19.9 Å². The van der Waals surface area contributed by atoms with Crippen LogP contribution in [0.25, 0.3) is 5.82 Å². The Labute approximate surface area is 181 Å². The fourth-order valence-corrected chi connectivity index (χ4v) is 3.67. The van der Waals surface area contributed by atoms with Gasteiger partial charge in [0.25, 0.3) is 5.91 Å². The molecule has 3 aromatic rings. The summed E-state index contributed by atoms with van der Waals surface area (Å²) in [5.41, 5.74) is 2.34. The minimum Gasteiger partial charge on any atom is -0.371 e. The topological polar surface area (TPSA) is 92.2 Å². The lowest BCUT2D eigenvalue weighted by atomic mass is 10.2. The standard InChI is InChI=1S/C23H26N6O2/c1-17(26-23(31)18-7-8-21(25-15-18)29-12-9-24-16-29)13-22(30)27-19-5-4-6-20(14-19)28-10-2-3-11-28/h4-9,12,14-17H,2-3,10-11,13H2,1H3,(H,26,31)(H,27,30). The summed E-state index contributed by atoms with van der Waals surface area (Å²) >= 11 is 0. The van der Waals surface area contributed by atoms with Gasteiger partial charge in [-0.1, -0.05) is 6.07 Å². The lowest BCUT2D eigenvalue weighted by Gasteiger charge is -2.19. The molecular formula is C23H26N6O2. The van der Waals surface area contributed by atoms with Crippen LogP contribution in [-0.2, 0) is 4.79 Å². The molecule has 8 heteroatoms. The molecule has 0 spiro atoms. The van der Waals surface area contributed by atoms with E-state index in [0.29, 0.717) is 11.4 Å². The van der Waals surface area contributed by atoms with Crippen molar-refractivity contribution in [2.75, 3.05) is 23.3 Å². The van der Waals surface area contributed by atoms with Crippen molar-refractivity contribution in [2.45, 2.75) is 32.2 Å². The van der Waals surface area contributed by atoms with Gasteiger partial charge in [-0.3, -0.25) is 14.2 Å². The van der Waals surface area contributed by atoms with E-state index in [1.54, 1.807) is 35.4 Å². The molecule has 1 aliphatic heterocycles. The number of aromatic nitrogens is 3.